The number of methoxy groups -OCH3 is 3. The standard InChI is InChI=1S/C17H28N4O3.HI/c1-18-17(19-2)21-8-6-20(7-9-21)12-13-10-14(22-3)16(24-5)15(11-13)23-4;/h10-11H,6-9,12H2,1-5H3,(H,18,19);1H. The zero-order chi connectivity index (χ0) is 17.5. The molecule has 1 fully saturated rings. The van der Waals surface area contributed by atoms with Crippen LogP contribution in [0.5, 0.6) is 17.2 Å². The molecule has 1 heterocycles. The molecule has 142 valence electrons. The second kappa shape index (κ2) is 10.5. The number of ether oxygens (including phenoxy) is 3. The van der Waals surface area contributed by atoms with Crippen molar-refractivity contribution in [2.45, 2.75) is 6.54 Å². The molecule has 0 aromatic heterocycles. The average Bonchev–Trinajstić information content (AvgIpc) is 2.63. The Morgan fingerprint density at radius 1 is 1.04 bits per heavy atom. The second-order valence-electron chi connectivity index (χ2n) is 5.59. The number of nitrogens with zero attached hydrogens (tertiary/aromatic N) is 3. The molecule has 0 radical (unpaired) electrons. The minimum atomic E-state index is 0. The van der Waals surface area contributed by atoms with Crippen LogP contribution >= 0.6 is 24.0 Å². The molecule has 0 aliphatic carbocycles. The number of benzene rings is 1. The first kappa shape index (κ1) is 21.6. The van der Waals surface area contributed by atoms with E-state index in [4.69, 9.17) is 14.2 Å². The Morgan fingerprint density at radius 3 is 2.00 bits per heavy atom. The van der Waals surface area contributed by atoms with Crippen molar-refractivity contribution in [2.24, 2.45) is 4.99 Å². The maximum atomic E-state index is 5.43. The maximum Gasteiger partial charge on any atom is 0.203 e. The first-order valence-electron chi connectivity index (χ1n) is 8.07. The van der Waals surface area contributed by atoms with E-state index in [0.717, 1.165) is 44.2 Å². The lowest BCUT2D eigenvalue weighted by Gasteiger charge is -2.36. The largest absolute Gasteiger partial charge is 0.493 e. The van der Waals surface area contributed by atoms with Crippen LogP contribution in [0.25, 0.3) is 0 Å². The zero-order valence-corrected chi connectivity index (χ0v) is 18.0. The highest BCUT2D eigenvalue weighted by molar-refractivity contribution is 14.0. The molecule has 8 heteroatoms. The number of aliphatic imine (C=N–C) groups is 1. The van der Waals surface area contributed by atoms with Crippen molar-refractivity contribution in [1.82, 2.24) is 15.1 Å². The summed E-state index contributed by atoms with van der Waals surface area (Å²) in [5, 5.41) is 3.14. The van der Waals surface area contributed by atoms with Gasteiger partial charge in [-0.25, -0.2) is 0 Å². The minimum absolute atomic E-state index is 0. The Hall–Kier alpha value is -1.42. The monoisotopic (exact) mass is 464 g/mol. The van der Waals surface area contributed by atoms with Crippen molar-refractivity contribution in [2.75, 3.05) is 61.6 Å². The first-order valence-corrected chi connectivity index (χ1v) is 8.07. The van der Waals surface area contributed by atoms with Crippen molar-refractivity contribution in [3.63, 3.8) is 0 Å². The van der Waals surface area contributed by atoms with Gasteiger partial charge >= 0.3 is 0 Å². The van der Waals surface area contributed by atoms with Crippen LogP contribution in [0.3, 0.4) is 0 Å². The lowest BCUT2D eigenvalue weighted by atomic mass is 10.1. The normalized spacial score (nSPS) is 15.4. The molecule has 0 bridgehead atoms. The van der Waals surface area contributed by atoms with Gasteiger partial charge in [0.15, 0.2) is 17.5 Å². The Morgan fingerprint density at radius 2 is 1.60 bits per heavy atom. The van der Waals surface area contributed by atoms with Gasteiger partial charge in [0.2, 0.25) is 5.75 Å². The number of halogens is 1. The van der Waals surface area contributed by atoms with E-state index in [9.17, 15) is 0 Å². The quantitative estimate of drug-likeness (QED) is 0.407. The van der Waals surface area contributed by atoms with Crippen LogP contribution in [0.15, 0.2) is 17.1 Å². The molecule has 0 amide bonds. The topological polar surface area (TPSA) is 58.6 Å². The summed E-state index contributed by atoms with van der Waals surface area (Å²) in [5.41, 5.74) is 1.15. The van der Waals surface area contributed by atoms with Gasteiger partial charge in [0.1, 0.15) is 0 Å². The predicted molar refractivity (Wildman–Crippen MR) is 111 cm³/mol. The van der Waals surface area contributed by atoms with E-state index in [0.29, 0.717) is 17.2 Å². The van der Waals surface area contributed by atoms with Gasteiger partial charge in [0.25, 0.3) is 0 Å². The average molecular weight is 464 g/mol. The lowest BCUT2D eigenvalue weighted by molar-refractivity contribution is 0.172. The van der Waals surface area contributed by atoms with Crippen LogP contribution < -0.4 is 19.5 Å². The van der Waals surface area contributed by atoms with Gasteiger partial charge in [0.05, 0.1) is 21.3 Å². The van der Waals surface area contributed by atoms with Crippen LogP contribution in [0.1, 0.15) is 5.56 Å². The fraction of sp³-hybridized carbons (Fsp3) is 0.588. The van der Waals surface area contributed by atoms with E-state index in [1.165, 1.54) is 0 Å². The van der Waals surface area contributed by atoms with E-state index >= 15 is 0 Å². The summed E-state index contributed by atoms with van der Waals surface area (Å²) < 4.78 is 16.2. The van der Waals surface area contributed by atoms with Gasteiger partial charge in [0, 0.05) is 46.8 Å². The zero-order valence-electron chi connectivity index (χ0n) is 15.7. The Bertz CT molecular complexity index is 550. The summed E-state index contributed by atoms with van der Waals surface area (Å²) in [5.74, 6) is 2.97. The van der Waals surface area contributed by atoms with Crippen LogP contribution in [-0.2, 0) is 6.54 Å². The molecule has 0 spiro atoms. The van der Waals surface area contributed by atoms with Gasteiger partial charge in [-0.1, -0.05) is 0 Å². The third-order valence-corrected chi connectivity index (χ3v) is 4.24. The third-order valence-electron chi connectivity index (χ3n) is 4.24. The molecule has 0 saturated carbocycles. The summed E-state index contributed by atoms with van der Waals surface area (Å²) in [6.45, 7) is 4.73. The molecule has 0 atom stereocenters. The van der Waals surface area contributed by atoms with E-state index in [2.05, 4.69) is 20.1 Å². The van der Waals surface area contributed by atoms with Gasteiger partial charge in [-0.3, -0.25) is 9.89 Å². The highest BCUT2D eigenvalue weighted by Crippen LogP contribution is 2.38. The van der Waals surface area contributed by atoms with Crippen molar-refractivity contribution in [1.29, 1.82) is 0 Å². The summed E-state index contributed by atoms with van der Waals surface area (Å²) in [4.78, 5) is 8.96. The molecule has 1 aromatic carbocycles. The maximum absolute atomic E-state index is 5.43. The summed E-state index contributed by atoms with van der Waals surface area (Å²) in [7, 11) is 8.62. The minimum Gasteiger partial charge on any atom is -0.493 e. The number of hydrogen-bond donors (Lipinski definition) is 1. The highest BCUT2D eigenvalue weighted by atomic mass is 127. The van der Waals surface area contributed by atoms with Crippen molar-refractivity contribution < 1.29 is 14.2 Å². The lowest BCUT2D eigenvalue weighted by Crippen LogP contribution is -2.51. The Balaban J connectivity index is 0.00000312. The second-order valence-corrected chi connectivity index (χ2v) is 5.59. The van der Waals surface area contributed by atoms with Crippen molar-refractivity contribution in [3.05, 3.63) is 17.7 Å². The Kier molecular flexibility index (Phi) is 9.12. The number of nitrogens with one attached hydrogen (secondary N) is 1. The van der Waals surface area contributed by atoms with Gasteiger partial charge in [-0.2, -0.15) is 0 Å². The molecule has 1 aliphatic rings. The van der Waals surface area contributed by atoms with E-state index in [1.807, 2.05) is 26.2 Å². The van der Waals surface area contributed by atoms with Crippen LogP contribution in [0.4, 0.5) is 0 Å². The molecule has 1 N–H and O–H groups in total. The third kappa shape index (κ3) is 5.27. The molecule has 7 nitrogen and oxygen atoms in total. The van der Waals surface area contributed by atoms with Gasteiger partial charge in [-0.05, 0) is 17.7 Å². The van der Waals surface area contributed by atoms with Crippen molar-refractivity contribution >= 4 is 29.9 Å². The van der Waals surface area contributed by atoms with Gasteiger partial charge < -0.3 is 24.4 Å². The van der Waals surface area contributed by atoms with E-state index in [1.54, 1.807) is 21.3 Å². The van der Waals surface area contributed by atoms with Crippen LogP contribution in [0.2, 0.25) is 0 Å². The smallest absolute Gasteiger partial charge is 0.203 e. The Labute approximate surface area is 167 Å². The fourth-order valence-corrected chi connectivity index (χ4v) is 3.01. The highest BCUT2D eigenvalue weighted by Gasteiger charge is 2.20. The molecular weight excluding hydrogens is 435 g/mol. The number of hydrogen-bond acceptors (Lipinski definition) is 5. The molecule has 1 aliphatic heterocycles. The molecule has 2 rings (SSSR count). The number of guanidine groups is 1. The number of piperazine rings is 1. The summed E-state index contributed by atoms with van der Waals surface area (Å²) in [6.07, 6.45) is 0. The summed E-state index contributed by atoms with van der Waals surface area (Å²) in [6, 6.07) is 4.03. The SMILES string of the molecule is CN=C(NC)N1CCN(Cc2cc(OC)c(OC)c(OC)c2)CC1.I. The van der Waals surface area contributed by atoms with E-state index in [-0.39, 0.29) is 24.0 Å². The molecular formula is C17H29IN4O3. The molecule has 1 aromatic rings. The predicted octanol–water partition coefficient (Wildman–Crippen LogP) is 1.65. The molecule has 0 unspecified atom stereocenters. The molecule has 25 heavy (non-hydrogen) atoms. The number of rotatable bonds is 5. The van der Waals surface area contributed by atoms with Crippen molar-refractivity contribution in [3.8, 4) is 17.2 Å². The summed E-state index contributed by atoms with van der Waals surface area (Å²) >= 11 is 0. The first-order chi connectivity index (χ1) is 11.7. The van der Waals surface area contributed by atoms with Crippen LogP contribution in [-0.4, -0.2) is 77.4 Å². The molecule has 1 saturated heterocycles. The van der Waals surface area contributed by atoms with Crippen LogP contribution in [0, 0.1) is 0 Å². The van der Waals surface area contributed by atoms with Gasteiger partial charge in [-0.15, -0.1) is 24.0 Å². The van der Waals surface area contributed by atoms with E-state index < -0.39 is 0 Å². The fourth-order valence-electron chi connectivity index (χ4n) is 3.01.